The minimum Gasteiger partial charge on any atom is -0.494 e. The Morgan fingerprint density at radius 2 is 1.87 bits per heavy atom. The third-order valence-electron chi connectivity index (χ3n) is 2.82. The van der Waals surface area contributed by atoms with Crippen LogP contribution in [0, 0.1) is 10.1 Å². The molecule has 2 rings (SSSR count). The number of ether oxygens (including phenoxy) is 1. The molecule has 0 fully saturated rings. The maximum absolute atomic E-state index is 12.4. The number of nitrogens with zero attached hydrogens (tertiary/aromatic N) is 1. The van der Waals surface area contributed by atoms with Crippen molar-refractivity contribution in [3.05, 3.63) is 57.6 Å². The van der Waals surface area contributed by atoms with Crippen molar-refractivity contribution in [2.45, 2.75) is 11.8 Å². The number of hydrogen-bond donors (Lipinski definition) is 1. The maximum atomic E-state index is 12.4. The Labute approximate surface area is 138 Å². The van der Waals surface area contributed by atoms with E-state index in [1.54, 1.807) is 12.1 Å². The van der Waals surface area contributed by atoms with E-state index in [1.165, 1.54) is 18.2 Å². The predicted molar refractivity (Wildman–Crippen MR) is 86.5 cm³/mol. The van der Waals surface area contributed by atoms with Gasteiger partial charge in [0.05, 0.1) is 11.5 Å². The van der Waals surface area contributed by atoms with Crippen molar-refractivity contribution in [2.75, 3.05) is 11.3 Å². The largest absolute Gasteiger partial charge is 0.494 e. The molecule has 0 saturated heterocycles. The van der Waals surface area contributed by atoms with Gasteiger partial charge in [0, 0.05) is 16.8 Å². The van der Waals surface area contributed by atoms with Crippen LogP contribution in [0.4, 0.5) is 11.4 Å². The second kappa shape index (κ2) is 6.84. The highest BCUT2D eigenvalue weighted by Gasteiger charge is 2.26. The summed E-state index contributed by atoms with van der Waals surface area (Å²) in [5.74, 6) is 0.591. The van der Waals surface area contributed by atoms with Crippen molar-refractivity contribution < 1.29 is 18.1 Å². The van der Waals surface area contributed by atoms with Gasteiger partial charge in [0.15, 0.2) is 4.90 Å². The van der Waals surface area contributed by atoms with Gasteiger partial charge in [-0.1, -0.05) is 11.6 Å². The van der Waals surface area contributed by atoms with E-state index in [2.05, 4.69) is 4.72 Å². The highest BCUT2D eigenvalue weighted by atomic mass is 35.5. The Morgan fingerprint density at radius 1 is 1.22 bits per heavy atom. The zero-order valence-electron chi connectivity index (χ0n) is 12.0. The van der Waals surface area contributed by atoms with E-state index >= 15 is 0 Å². The first-order valence-electron chi connectivity index (χ1n) is 6.53. The van der Waals surface area contributed by atoms with Crippen LogP contribution in [0.2, 0.25) is 5.02 Å². The van der Waals surface area contributed by atoms with Gasteiger partial charge in [0.2, 0.25) is 0 Å². The van der Waals surface area contributed by atoms with Gasteiger partial charge in [-0.25, -0.2) is 8.42 Å². The van der Waals surface area contributed by atoms with E-state index in [0.717, 1.165) is 12.1 Å². The molecule has 2 aromatic carbocycles. The lowest BCUT2D eigenvalue weighted by atomic mass is 10.3. The lowest BCUT2D eigenvalue weighted by Crippen LogP contribution is -2.14. The molecule has 122 valence electrons. The highest BCUT2D eigenvalue weighted by Crippen LogP contribution is 2.29. The van der Waals surface area contributed by atoms with Gasteiger partial charge < -0.3 is 4.74 Å². The molecule has 0 aliphatic rings. The summed E-state index contributed by atoms with van der Waals surface area (Å²) in [5, 5.41) is 11.1. The number of nitro benzene ring substituents is 1. The summed E-state index contributed by atoms with van der Waals surface area (Å²) < 4.78 is 32.3. The van der Waals surface area contributed by atoms with Gasteiger partial charge >= 0.3 is 0 Å². The topological polar surface area (TPSA) is 98.5 Å². The SMILES string of the molecule is CCOc1ccc(NS(=O)(=O)c2ccc(Cl)cc2[N+](=O)[O-])cc1. The van der Waals surface area contributed by atoms with Crippen LogP contribution >= 0.6 is 11.6 Å². The summed E-state index contributed by atoms with van der Waals surface area (Å²) in [6.07, 6.45) is 0. The first kappa shape index (κ1) is 17.0. The quantitative estimate of drug-likeness (QED) is 0.631. The molecule has 23 heavy (non-hydrogen) atoms. The monoisotopic (exact) mass is 356 g/mol. The molecule has 0 aliphatic heterocycles. The molecule has 0 amide bonds. The van der Waals surface area contributed by atoms with Crippen LogP contribution in [-0.2, 0) is 10.0 Å². The second-order valence-electron chi connectivity index (χ2n) is 4.43. The van der Waals surface area contributed by atoms with Crippen molar-refractivity contribution in [1.29, 1.82) is 0 Å². The van der Waals surface area contributed by atoms with Crippen LogP contribution in [-0.4, -0.2) is 19.9 Å². The predicted octanol–water partition coefficient (Wildman–Crippen LogP) is 3.45. The molecule has 2 aromatic rings. The summed E-state index contributed by atoms with van der Waals surface area (Å²) in [7, 11) is -4.12. The van der Waals surface area contributed by atoms with Crippen LogP contribution in [0.15, 0.2) is 47.4 Å². The Hall–Kier alpha value is -2.32. The highest BCUT2D eigenvalue weighted by molar-refractivity contribution is 7.92. The van der Waals surface area contributed by atoms with Crippen molar-refractivity contribution in [3.63, 3.8) is 0 Å². The van der Waals surface area contributed by atoms with Crippen LogP contribution in [0.1, 0.15) is 6.92 Å². The van der Waals surface area contributed by atoms with E-state index in [9.17, 15) is 18.5 Å². The van der Waals surface area contributed by atoms with Crippen molar-refractivity contribution >= 4 is 33.0 Å². The van der Waals surface area contributed by atoms with Gasteiger partial charge in [-0.2, -0.15) is 0 Å². The fourth-order valence-corrected chi connectivity index (χ4v) is 3.24. The number of rotatable bonds is 6. The van der Waals surface area contributed by atoms with Gasteiger partial charge in [0.1, 0.15) is 5.75 Å². The summed E-state index contributed by atoms with van der Waals surface area (Å²) in [4.78, 5) is 9.78. The summed E-state index contributed by atoms with van der Waals surface area (Å²) in [5.41, 5.74) is -0.325. The molecule has 7 nitrogen and oxygen atoms in total. The molecule has 0 atom stereocenters. The Kier molecular flexibility index (Phi) is 5.07. The number of benzene rings is 2. The molecule has 0 radical (unpaired) electrons. The van der Waals surface area contributed by atoms with E-state index in [-0.39, 0.29) is 10.7 Å². The Bertz CT molecular complexity index is 822. The Balaban J connectivity index is 2.34. The number of nitro groups is 1. The van der Waals surface area contributed by atoms with E-state index in [4.69, 9.17) is 16.3 Å². The summed E-state index contributed by atoms with van der Waals surface area (Å²) >= 11 is 5.68. The first-order valence-corrected chi connectivity index (χ1v) is 8.39. The molecular weight excluding hydrogens is 344 g/mol. The van der Waals surface area contributed by atoms with E-state index in [1.807, 2.05) is 6.92 Å². The van der Waals surface area contributed by atoms with E-state index in [0.29, 0.717) is 12.4 Å². The smallest absolute Gasteiger partial charge is 0.291 e. The van der Waals surface area contributed by atoms with E-state index < -0.39 is 25.5 Å². The molecule has 0 bridgehead atoms. The lowest BCUT2D eigenvalue weighted by molar-refractivity contribution is -0.387. The number of hydrogen-bond acceptors (Lipinski definition) is 5. The number of nitrogens with one attached hydrogen (secondary N) is 1. The molecular formula is C14H13ClN2O5S. The summed E-state index contributed by atoms with van der Waals surface area (Å²) in [6.45, 7) is 2.32. The third-order valence-corrected chi connectivity index (χ3v) is 4.49. The first-order chi connectivity index (χ1) is 10.8. The normalized spacial score (nSPS) is 11.0. The van der Waals surface area contributed by atoms with Crippen LogP contribution in [0.5, 0.6) is 5.75 Å². The molecule has 9 heteroatoms. The van der Waals surface area contributed by atoms with Gasteiger partial charge in [-0.15, -0.1) is 0 Å². The minimum absolute atomic E-state index is 0.0803. The zero-order valence-corrected chi connectivity index (χ0v) is 13.6. The van der Waals surface area contributed by atoms with Crippen molar-refractivity contribution in [1.82, 2.24) is 0 Å². The molecule has 0 spiro atoms. The van der Waals surface area contributed by atoms with Crippen LogP contribution in [0.25, 0.3) is 0 Å². The second-order valence-corrected chi connectivity index (χ2v) is 6.52. The molecule has 1 N–H and O–H groups in total. The molecule has 0 saturated carbocycles. The molecule has 0 heterocycles. The minimum atomic E-state index is -4.12. The van der Waals surface area contributed by atoms with Crippen molar-refractivity contribution in [2.24, 2.45) is 0 Å². The van der Waals surface area contributed by atoms with Crippen LogP contribution < -0.4 is 9.46 Å². The zero-order chi connectivity index (χ0) is 17.0. The lowest BCUT2D eigenvalue weighted by Gasteiger charge is -2.09. The number of sulfonamides is 1. The number of halogens is 1. The molecule has 0 aromatic heterocycles. The van der Waals surface area contributed by atoms with Gasteiger partial charge in [0.25, 0.3) is 15.7 Å². The average Bonchev–Trinajstić information content (AvgIpc) is 2.49. The Morgan fingerprint density at radius 3 is 2.43 bits per heavy atom. The fraction of sp³-hybridized carbons (Fsp3) is 0.143. The molecule has 0 aliphatic carbocycles. The fourth-order valence-electron chi connectivity index (χ4n) is 1.86. The molecule has 0 unspecified atom stereocenters. The van der Waals surface area contributed by atoms with Gasteiger partial charge in [-0.05, 0) is 43.3 Å². The van der Waals surface area contributed by atoms with Crippen LogP contribution in [0.3, 0.4) is 0 Å². The van der Waals surface area contributed by atoms with Gasteiger partial charge in [-0.3, -0.25) is 14.8 Å². The standard InChI is InChI=1S/C14H13ClN2O5S/c1-2-22-12-6-4-11(5-7-12)16-23(20,21)14-8-3-10(15)9-13(14)17(18)19/h3-9,16H,2H2,1H3. The summed E-state index contributed by atoms with van der Waals surface area (Å²) in [6, 6.07) is 9.57. The number of anilines is 1. The maximum Gasteiger partial charge on any atom is 0.291 e. The third kappa shape index (κ3) is 4.11. The van der Waals surface area contributed by atoms with Crippen molar-refractivity contribution in [3.8, 4) is 5.75 Å². The average molecular weight is 357 g/mol.